The molecule has 0 aliphatic rings. The van der Waals surface area contributed by atoms with E-state index in [-0.39, 0.29) is 6.54 Å². The molecule has 0 radical (unpaired) electrons. The van der Waals surface area contributed by atoms with Crippen molar-refractivity contribution in [1.29, 1.82) is 0 Å². The number of methoxy groups -OCH3 is 1. The zero-order chi connectivity index (χ0) is 11.9. The van der Waals surface area contributed by atoms with E-state index in [1.807, 2.05) is 0 Å². The molecule has 0 fully saturated rings. The Morgan fingerprint density at radius 3 is 2.60 bits per heavy atom. The molecule has 1 unspecified atom stereocenters. The van der Waals surface area contributed by atoms with Gasteiger partial charge in [0, 0.05) is 13.1 Å². The summed E-state index contributed by atoms with van der Waals surface area (Å²) in [5, 5.41) is -1.21. The second-order valence-electron chi connectivity index (χ2n) is 2.77. The van der Waals surface area contributed by atoms with Gasteiger partial charge in [-0.1, -0.05) is 12.2 Å². The zero-order valence-corrected chi connectivity index (χ0v) is 9.58. The first-order chi connectivity index (χ1) is 6.95. The lowest BCUT2D eigenvalue weighted by Crippen LogP contribution is -2.38. The van der Waals surface area contributed by atoms with E-state index in [1.54, 1.807) is 12.2 Å². The van der Waals surface area contributed by atoms with Gasteiger partial charge in [-0.15, -0.1) is 0 Å². The maximum Gasteiger partial charge on any atom is 0.325 e. The fourth-order valence-electron chi connectivity index (χ4n) is 0.761. The smallest absolute Gasteiger partial charge is 0.325 e. The van der Waals surface area contributed by atoms with Gasteiger partial charge < -0.3 is 10.5 Å². The normalized spacial score (nSPS) is 14.1. The average molecular weight is 236 g/mol. The molecule has 3 N–H and O–H groups in total. The Morgan fingerprint density at radius 1 is 1.53 bits per heavy atom. The van der Waals surface area contributed by atoms with Crippen LogP contribution in [0.4, 0.5) is 0 Å². The van der Waals surface area contributed by atoms with Gasteiger partial charge in [0.05, 0.1) is 7.11 Å². The number of nitrogens with one attached hydrogen (secondary N) is 1. The van der Waals surface area contributed by atoms with E-state index >= 15 is 0 Å². The number of esters is 1. The number of rotatable bonds is 6. The fraction of sp³-hybridized carbons (Fsp3) is 0.625. The summed E-state index contributed by atoms with van der Waals surface area (Å²) in [6, 6.07) is 0. The second kappa shape index (κ2) is 6.54. The highest BCUT2D eigenvalue weighted by molar-refractivity contribution is 7.90. The van der Waals surface area contributed by atoms with Crippen molar-refractivity contribution in [2.75, 3.05) is 20.2 Å². The molecule has 15 heavy (non-hydrogen) atoms. The van der Waals surface area contributed by atoms with E-state index in [2.05, 4.69) is 9.46 Å². The van der Waals surface area contributed by atoms with Gasteiger partial charge in [-0.05, 0) is 6.92 Å². The summed E-state index contributed by atoms with van der Waals surface area (Å²) in [6.07, 6.45) is 3.19. The first-order valence-corrected chi connectivity index (χ1v) is 5.91. The highest BCUT2D eigenvalue weighted by atomic mass is 32.2. The first-order valence-electron chi connectivity index (χ1n) is 4.37. The summed E-state index contributed by atoms with van der Waals surface area (Å²) in [4.78, 5) is 11.0. The maximum absolute atomic E-state index is 11.4. The van der Waals surface area contributed by atoms with Crippen LogP contribution < -0.4 is 10.5 Å². The van der Waals surface area contributed by atoms with Crippen LogP contribution in [0.2, 0.25) is 0 Å². The van der Waals surface area contributed by atoms with Gasteiger partial charge in [0.15, 0.2) is 5.25 Å². The molecule has 0 heterocycles. The van der Waals surface area contributed by atoms with Crippen LogP contribution in [0, 0.1) is 0 Å². The third-order valence-corrected chi connectivity index (χ3v) is 3.40. The molecular formula is C8H16N2O4S. The van der Waals surface area contributed by atoms with Crippen LogP contribution in [-0.4, -0.2) is 39.8 Å². The van der Waals surface area contributed by atoms with Gasteiger partial charge in [-0.3, -0.25) is 4.79 Å². The number of carbonyl (C=O) groups is 1. The SMILES string of the molecule is COC(=O)C(C)S(=O)(=O)NC/C=C/CN. The molecule has 0 saturated heterocycles. The van der Waals surface area contributed by atoms with Crippen LogP contribution >= 0.6 is 0 Å². The number of sulfonamides is 1. The standard InChI is InChI=1S/C8H16N2O4S/c1-7(8(11)14-2)15(12,13)10-6-4-3-5-9/h3-4,7,10H,5-6,9H2,1-2H3/b4-3+. The molecule has 0 amide bonds. The molecule has 88 valence electrons. The van der Waals surface area contributed by atoms with Crippen LogP contribution in [0.1, 0.15) is 6.92 Å². The fourth-order valence-corrected chi connectivity index (χ4v) is 1.69. The van der Waals surface area contributed by atoms with Gasteiger partial charge in [0.1, 0.15) is 0 Å². The summed E-state index contributed by atoms with van der Waals surface area (Å²) < 4.78 is 29.4. The Balaban J connectivity index is 4.30. The van der Waals surface area contributed by atoms with Crippen molar-refractivity contribution < 1.29 is 17.9 Å². The Labute approximate surface area is 89.5 Å². The Morgan fingerprint density at radius 2 is 2.13 bits per heavy atom. The minimum absolute atomic E-state index is 0.112. The van der Waals surface area contributed by atoms with Crippen LogP contribution in [0.5, 0.6) is 0 Å². The van der Waals surface area contributed by atoms with Gasteiger partial charge in [0.25, 0.3) is 0 Å². The predicted molar refractivity (Wildman–Crippen MR) is 56.6 cm³/mol. The Hall–Kier alpha value is -0.920. The van der Waals surface area contributed by atoms with Crippen LogP contribution in [0.3, 0.4) is 0 Å². The lowest BCUT2D eigenvalue weighted by Gasteiger charge is -2.10. The quantitative estimate of drug-likeness (QED) is 0.454. The van der Waals surface area contributed by atoms with Crippen molar-refractivity contribution in [3.63, 3.8) is 0 Å². The van der Waals surface area contributed by atoms with Crippen molar-refractivity contribution in [1.82, 2.24) is 4.72 Å². The van der Waals surface area contributed by atoms with Crippen LogP contribution in [0.25, 0.3) is 0 Å². The highest BCUT2D eigenvalue weighted by Gasteiger charge is 2.27. The van der Waals surface area contributed by atoms with Crippen molar-refractivity contribution in [2.45, 2.75) is 12.2 Å². The van der Waals surface area contributed by atoms with Gasteiger partial charge in [-0.2, -0.15) is 0 Å². The van der Waals surface area contributed by atoms with Gasteiger partial charge >= 0.3 is 5.97 Å². The minimum atomic E-state index is -3.67. The number of carbonyl (C=O) groups excluding carboxylic acids is 1. The predicted octanol–water partition coefficient (Wildman–Crippen LogP) is -1.02. The molecule has 0 aromatic rings. The van der Waals surface area contributed by atoms with E-state index < -0.39 is 21.2 Å². The molecule has 0 rings (SSSR count). The summed E-state index contributed by atoms with van der Waals surface area (Å²) in [6.45, 7) is 1.72. The Kier molecular flexibility index (Phi) is 6.14. The molecule has 6 nitrogen and oxygen atoms in total. The summed E-state index contributed by atoms with van der Waals surface area (Å²) in [5.41, 5.74) is 5.17. The third kappa shape index (κ3) is 4.91. The summed E-state index contributed by atoms with van der Waals surface area (Å²) >= 11 is 0. The third-order valence-electron chi connectivity index (χ3n) is 1.70. The van der Waals surface area contributed by atoms with E-state index in [4.69, 9.17) is 5.73 Å². The van der Waals surface area contributed by atoms with Crippen LogP contribution in [0.15, 0.2) is 12.2 Å². The molecule has 0 aliphatic heterocycles. The lowest BCUT2D eigenvalue weighted by molar-refractivity contribution is -0.139. The molecule has 0 spiro atoms. The summed E-state index contributed by atoms with van der Waals surface area (Å²) in [5.74, 6) is -0.787. The second-order valence-corrected chi connectivity index (χ2v) is 4.85. The number of hydrogen-bond donors (Lipinski definition) is 2. The topological polar surface area (TPSA) is 98.5 Å². The number of ether oxygens (including phenoxy) is 1. The molecule has 0 bridgehead atoms. The monoisotopic (exact) mass is 236 g/mol. The molecule has 0 aliphatic carbocycles. The lowest BCUT2D eigenvalue weighted by atomic mass is 10.5. The molecule has 1 atom stereocenters. The maximum atomic E-state index is 11.4. The summed E-state index contributed by atoms with van der Waals surface area (Å²) in [7, 11) is -2.53. The van der Waals surface area contributed by atoms with Crippen molar-refractivity contribution in [2.24, 2.45) is 5.73 Å². The van der Waals surface area contributed by atoms with Crippen LogP contribution in [-0.2, 0) is 19.6 Å². The minimum Gasteiger partial charge on any atom is -0.468 e. The van der Waals surface area contributed by atoms with E-state index in [9.17, 15) is 13.2 Å². The highest BCUT2D eigenvalue weighted by Crippen LogP contribution is 1.99. The van der Waals surface area contributed by atoms with Crippen molar-refractivity contribution in [3.05, 3.63) is 12.2 Å². The zero-order valence-electron chi connectivity index (χ0n) is 8.76. The molecule has 7 heteroatoms. The van der Waals surface area contributed by atoms with E-state index in [0.717, 1.165) is 7.11 Å². The molecule has 0 aromatic carbocycles. The largest absolute Gasteiger partial charge is 0.468 e. The van der Waals surface area contributed by atoms with E-state index in [1.165, 1.54) is 6.92 Å². The first kappa shape index (κ1) is 14.1. The molecular weight excluding hydrogens is 220 g/mol. The molecule has 0 saturated carbocycles. The Bertz CT molecular complexity index is 324. The van der Waals surface area contributed by atoms with Gasteiger partial charge in [0.2, 0.25) is 10.0 Å². The number of nitrogens with two attached hydrogens (primary N) is 1. The number of hydrogen-bond acceptors (Lipinski definition) is 5. The van der Waals surface area contributed by atoms with E-state index in [0.29, 0.717) is 6.54 Å². The molecule has 0 aromatic heterocycles. The average Bonchev–Trinajstić information content (AvgIpc) is 2.22. The van der Waals surface area contributed by atoms with Gasteiger partial charge in [-0.25, -0.2) is 13.1 Å². The van der Waals surface area contributed by atoms with Crippen molar-refractivity contribution in [3.8, 4) is 0 Å². The van der Waals surface area contributed by atoms with Crippen molar-refractivity contribution >= 4 is 16.0 Å².